The Hall–Kier alpha value is -1.39. The highest BCUT2D eigenvalue weighted by Crippen LogP contribution is 2.39. The van der Waals surface area contributed by atoms with E-state index in [4.69, 9.17) is 4.18 Å². The molecule has 1 aliphatic rings. The number of hydrogen-bond acceptors (Lipinski definition) is 3. The molecule has 0 bridgehead atoms. The molecule has 1 atom stereocenters. The number of rotatable bonds is 4. The van der Waals surface area contributed by atoms with Crippen LogP contribution >= 0.6 is 0 Å². The van der Waals surface area contributed by atoms with Crippen molar-refractivity contribution in [2.75, 3.05) is 6.26 Å². The van der Waals surface area contributed by atoms with Crippen molar-refractivity contribution in [3.05, 3.63) is 48.0 Å². The Balaban J connectivity index is 2.00. The highest BCUT2D eigenvalue weighted by atomic mass is 32.2. The van der Waals surface area contributed by atoms with Crippen LogP contribution in [0.4, 0.5) is 0 Å². The maximum atomic E-state index is 11.6. The second-order valence-electron chi connectivity index (χ2n) is 5.87. The summed E-state index contributed by atoms with van der Waals surface area (Å²) in [6.45, 7) is 0. The minimum atomic E-state index is -3.46. The van der Waals surface area contributed by atoms with E-state index in [0.29, 0.717) is 5.92 Å². The van der Waals surface area contributed by atoms with Gasteiger partial charge in [-0.15, -0.1) is 0 Å². The average Bonchev–Trinajstić information content (AvgIpc) is 2.97. The third kappa shape index (κ3) is 3.44. The summed E-state index contributed by atoms with van der Waals surface area (Å²) in [6, 6.07) is 14.2. The molecule has 1 unspecified atom stereocenters. The summed E-state index contributed by atoms with van der Waals surface area (Å²) in [5.41, 5.74) is 0.964. The van der Waals surface area contributed by atoms with Crippen molar-refractivity contribution in [1.29, 1.82) is 0 Å². The zero-order chi connectivity index (χ0) is 14.9. The summed E-state index contributed by atoms with van der Waals surface area (Å²) in [4.78, 5) is 0. The molecule has 1 saturated carbocycles. The molecule has 2 aromatic carbocycles. The molecule has 0 saturated heterocycles. The van der Waals surface area contributed by atoms with Crippen LogP contribution in [0.2, 0.25) is 0 Å². The SMILES string of the molecule is CS(=O)(=O)OC(c1ccc2ccccc2c1)C1CCCC1. The first-order chi connectivity index (χ1) is 10.0. The van der Waals surface area contributed by atoms with E-state index in [1.54, 1.807) is 0 Å². The van der Waals surface area contributed by atoms with Gasteiger partial charge >= 0.3 is 0 Å². The summed E-state index contributed by atoms with van der Waals surface area (Å²) in [7, 11) is -3.46. The minimum Gasteiger partial charge on any atom is -0.262 e. The molecule has 0 N–H and O–H groups in total. The van der Waals surface area contributed by atoms with Crippen LogP contribution in [0, 0.1) is 5.92 Å². The molecule has 1 aliphatic carbocycles. The average molecular weight is 304 g/mol. The number of benzene rings is 2. The first-order valence-corrected chi connectivity index (χ1v) is 9.21. The van der Waals surface area contributed by atoms with Gasteiger partial charge in [0.1, 0.15) is 6.10 Å². The predicted molar refractivity (Wildman–Crippen MR) is 84.6 cm³/mol. The van der Waals surface area contributed by atoms with E-state index in [0.717, 1.165) is 48.3 Å². The molecule has 3 nitrogen and oxygen atoms in total. The molecule has 0 heterocycles. The molecule has 0 radical (unpaired) electrons. The van der Waals surface area contributed by atoms with Gasteiger partial charge in [-0.1, -0.05) is 49.2 Å². The van der Waals surface area contributed by atoms with E-state index in [9.17, 15) is 8.42 Å². The molecule has 2 aromatic rings. The van der Waals surface area contributed by atoms with Crippen LogP contribution in [-0.4, -0.2) is 14.7 Å². The molecule has 112 valence electrons. The van der Waals surface area contributed by atoms with Crippen LogP contribution in [0.1, 0.15) is 37.4 Å². The summed E-state index contributed by atoms with van der Waals surface area (Å²) < 4.78 is 28.7. The van der Waals surface area contributed by atoms with Gasteiger partial charge in [0.25, 0.3) is 10.1 Å². The summed E-state index contributed by atoms with van der Waals surface area (Å²) in [6.07, 6.45) is 5.16. The van der Waals surface area contributed by atoms with Crippen molar-refractivity contribution >= 4 is 20.9 Å². The Morgan fingerprint density at radius 3 is 2.38 bits per heavy atom. The lowest BCUT2D eigenvalue weighted by Crippen LogP contribution is -2.17. The zero-order valence-corrected chi connectivity index (χ0v) is 13.0. The Kier molecular flexibility index (Phi) is 4.00. The number of fused-ring (bicyclic) bond motifs is 1. The molecule has 0 aromatic heterocycles. The van der Waals surface area contributed by atoms with E-state index in [1.807, 2.05) is 30.3 Å². The molecule has 3 rings (SSSR count). The fourth-order valence-corrected chi connectivity index (χ4v) is 3.88. The molecule has 0 spiro atoms. The van der Waals surface area contributed by atoms with Gasteiger partial charge in [0.15, 0.2) is 0 Å². The van der Waals surface area contributed by atoms with E-state index >= 15 is 0 Å². The largest absolute Gasteiger partial charge is 0.264 e. The summed E-state index contributed by atoms with van der Waals surface area (Å²) >= 11 is 0. The first-order valence-electron chi connectivity index (χ1n) is 7.40. The topological polar surface area (TPSA) is 43.4 Å². The fraction of sp³-hybridized carbons (Fsp3) is 0.412. The van der Waals surface area contributed by atoms with Crippen molar-refractivity contribution in [1.82, 2.24) is 0 Å². The predicted octanol–water partition coefficient (Wildman–Crippen LogP) is 4.05. The van der Waals surface area contributed by atoms with Gasteiger partial charge in [0.2, 0.25) is 0 Å². The van der Waals surface area contributed by atoms with Crippen LogP contribution in [0.15, 0.2) is 42.5 Å². The van der Waals surface area contributed by atoms with Crippen LogP contribution in [0.3, 0.4) is 0 Å². The standard InChI is InChI=1S/C17H20O3S/c1-21(18,19)20-17(14-7-3-4-8-14)16-11-10-13-6-2-5-9-15(13)12-16/h2,5-6,9-12,14,17H,3-4,7-8H2,1H3. The molecule has 0 amide bonds. The second kappa shape index (κ2) is 5.78. The Labute approximate surface area is 126 Å². The maximum absolute atomic E-state index is 11.6. The quantitative estimate of drug-likeness (QED) is 0.800. The Bertz CT molecular complexity index is 731. The molecule has 1 fully saturated rings. The number of hydrogen-bond donors (Lipinski definition) is 0. The first kappa shape index (κ1) is 14.5. The summed E-state index contributed by atoms with van der Waals surface area (Å²) in [5, 5.41) is 2.28. The van der Waals surface area contributed by atoms with Gasteiger partial charge in [0, 0.05) is 0 Å². The van der Waals surface area contributed by atoms with Crippen molar-refractivity contribution in [3.63, 3.8) is 0 Å². The van der Waals surface area contributed by atoms with Gasteiger partial charge in [-0.3, -0.25) is 4.18 Å². The van der Waals surface area contributed by atoms with Gasteiger partial charge < -0.3 is 0 Å². The second-order valence-corrected chi connectivity index (χ2v) is 7.47. The molecular weight excluding hydrogens is 284 g/mol. The van der Waals surface area contributed by atoms with Crippen molar-refractivity contribution in [2.24, 2.45) is 5.92 Å². The zero-order valence-electron chi connectivity index (χ0n) is 12.2. The lowest BCUT2D eigenvalue weighted by molar-refractivity contribution is 0.147. The lowest BCUT2D eigenvalue weighted by atomic mass is 9.93. The third-order valence-corrected chi connectivity index (χ3v) is 4.77. The summed E-state index contributed by atoms with van der Waals surface area (Å²) in [5.74, 6) is 0.292. The highest BCUT2D eigenvalue weighted by Gasteiger charge is 2.30. The smallest absolute Gasteiger partial charge is 0.262 e. The van der Waals surface area contributed by atoms with Gasteiger partial charge in [-0.05, 0) is 41.2 Å². The molecular formula is C17H20O3S. The molecule has 0 aliphatic heterocycles. The normalized spacial score (nSPS) is 18.1. The lowest BCUT2D eigenvalue weighted by Gasteiger charge is -2.23. The van der Waals surface area contributed by atoms with Crippen molar-refractivity contribution < 1.29 is 12.6 Å². The Morgan fingerprint density at radius 1 is 1.05 bits per heavy atom. The van der Waals surface area contributed by atoms with E-state index in [-0.39, 0.29) is 6.10 Å². The van der Waals surface area contributed by atoms with Gasteiger partial charge in [-0.2, -0.15) is 8.42 Å². The Morgan fingerprint density at radius 2 is 1.71 bits per heavy atom. The monoisotopic (exact) mass is 304 g/mol. The van der Waals surface area contributed by atoms with Gasteiger partial charge in [-0.25, -0.2) is 0 Å². The molecule has 21 heavy (non-hydrogen) atoms. The van der Waals surface area contributed by atoms with Crippen LogP contribution in [-0.2, 0) is 14.3 Å². The van der Waals surface area contributed by atoms with Gasteiger partial charge in [0.05, 0.1) is 6.26 Å². The molecule has 4 heteroatoms. The highest BCUT2D eigenvalue weighted by molar-refractivity contribution is 7.86. The van der Waals surface area contributed by atoms with E-state index in [1.165, 1.54) is 0 Å². The van der Waals surface area contributed by atoms with Crippen molar-refractivity contribution in [2.45, 2.75) is 31.8 Å². The minimum absolute atomic E-state index is 0.292. The van der Waals surface area contributed by atoms with E-state index in [2.05, 4.69) is 12.1 Å². The van der Waals surface area contributed by atoms with Crippen LogP contribution < -0.4 is 0 Å². The van der Waals surface area contributed by atoms with E-state index < -0.39 is 10.1 Å². The van der Waals surface area contributed by atoms with Crippen molar-refractivity contribution in [3.8, 4) is 0 Å². The van der Waals surface area contributed by atoms with Crippen LogP contribution in [0.25, 0.3) is 10.8 Å². The fourth-order valence-electron chi connectivity index (χ4n) is 3.24. The third-order valence-electron chi connectivity index (χ3n) is 4.21. The maximum Gasteiger partial charge on any atom is 0.264 e. The van der Waals surface area contributed by atoms with Crippen LogP contribution in [0.5, 0.6) is 0 Å².